The Labute approximate surface area is 125 Å². The van der Waals surface area contributed by atoms with Gasteiger partial charge in [-0.15, -0.1) is 0 Å². The lowest BCUT2D eigenvalue weighted by Crippen LogP contribution is -2.46. The van der Waals surface area contributed by atoms with Crippen LogP contribution in [0.15, 0.2) is 40.9 Å². The minimum absolute atomic E-state index is 0.205. The quantitative estimate of drug-likeness (QED) is 0.938. The summed E-state index contributed by atoms with van der Waals surface area (Å²) < 4.78 is 5.88. The Bertz CT molecular complexity index is 567. The predicted molar refractivity (Wildman–Crippen MR) is 81.7 cm³/mol. The molecule has 2 unspecified atom stereocenters. The van der Waals surface area contributed by atoms with Crippen LogP contribution in [0.2, 0.25) is 0 Å². The minimum Gasteiger partial charge on any atom is -0.439 e. The van der Waals surface area contributed by atoms with Crippen molar-refractivity contribution in [2.75, 3.05) is 6.61 Å². The molecule has 1 aliphatic heterocycles. The van der Waals surface area contributed by atoms with E-state index in [1.807, 2.05) is 30.3 Å². The first-order chi connectivity index (χ1) is 10.3. The molecule has 0 radical (unpaired) electrons. The second-order valence-corrected chi connectivity index (χ2v) is 5.77. The van der Waals surface area contributed by atoms with Crippen molar-refractivity contribution in [2.45, 2.75) is 44.8 Å². The Morgan fingerprint density at radius 3 is 2.86 bits per heavy atom. The number of aliphatic hydroxyl groups excluding tert-OH is 1. The number of aromatic nitrogens is 1. The van der Waals surface area contributed by atoms with Crippen molar-refractivity contribution in [3.8, 4) is 11.3 Å². The van der Waals surface area contributed by atoms with E-state index in [4.69, 9.17) is 4.42 Å². The first-order valence-corrected chi connectivity index (χ1v) is 7.64. The summed E-state index contributed by atoms with van der Waals surface area (Å²) >= 11 is 0. The fraction of sp³-hybridized carbons (Fsp3) is 0.471. The van der Waals surface area contributed by atoms with E-state index in [-0.39, 0.29) is 12.6 Å². The second-order valence-electron chi connectivity index (χ2n) is 5.77. The Kier molecular flexibility index (Phi) is 4.36. The number of benzene rings is 1. The third-order valence-electron chi connectivity index (χ3n) is 4.33. The van der Waals surface area contributed by atoms with Crippen LogP contribution in [-0.2, 0) is 6.54 Å². The first kappa shape index (κ1) is 14.3. The standard InChI is InChI=1S/C17H22N2O2/c1-13-6-5-9-15(12-20)19(13)11-17-18-10-16(21-17)14-7-3-2-4-8-14/h2-4,7-8,10,13,15,20H,5-6,9,11-12H2,1H3. The fourth-order valence-corrected chi connectivity index (χ4v) is 3.10. The van der Waals surface area contributed by atoms with Crippen molar-refractivity contribution >= 4 is 0 Å². The van der Waals surface area contributed by atoms with E-state index < -0.39 is 0 Å². The molecule has 1 aromatic heterocycles. The normalized spacial score (nSPS) is 23.3. The first-order valence-electron chi connectivity index (χ1n) is 7.64. The maximum atomic E-state index is 9.55. The highest BCUT2D eigenvalue weighted by Gasteiger charge is 2.28. The van der Waals surface area contributed by atoms with Gasteiger partial charge < -0.3 is 9.52 Å². The molecule has 0 bridgehead atoms. The molecule has 1 saturated heterocycles. The molecule has 1 fully saturated rings. The average molecular weight is 286 g/mol. The highest BCUT2D eigenvalue weighted by atomic mass is 16.4. The number of oxazole rings is 1. The molecule has 0 saturated carbocycles. The third-order valence-corrected chi connectivity index (χ3v) is 4.33. The summed E-state index contributed by atoms with van der Waals surface area (Å²) in [6.45, 7) is 3.08. The van der Waals surface area contributed by atoms with Gasteiger partial charge >= 0.3 is 0 Å². The van der Waals surface area contributed by atoms with Gasteiger partial charge in [-0.2, -0.15) is 0 Å². The summed E-state index contributed by atoms with van der Waals surface area (Å²) in [6, 6.07) is 10.7. The van der Waals surface area contributed by atoms with Crippen LogP contribution < -0.4 is 0 Å². The van der Waals surface area contributed by atoms with Crippen molar-refractivity contribution in [2.24, 2.45) is 0 Å². The number of nitrogens with zero attached hydrogens (tertiary/aromatic N) is 2. The van der Waals surface area contributed by atoms with Crippen LogP contribution in [0.3, 0.4) is 0 Å². The molecule has 2 aromatic rings. The summed E-state index contributed by atoms with van der Waals surface area (Å²) in [5, 5.41) is 9.55. The van der Waals surface area contributed by atoms with Crippen molar-refractivity contribution < 1.29 is 9.52 Å². The molecule has 2 atom stereocenters. The summed E-state index contributed by atoms with van der Waals surface area (Å²) in [5.74, 6) is 1.52. The van der Waals surface area contributed by atoms with Gasteiger partial charge in [-0.25, -0.2) is 4.98 Å². The van der Waals surface area contributed by atoms with Crippen molar-refractivity contribution in [3.05, 3.63) is 42.4 Å². The largest absolute Gasteiger partial charge is 0.439 e. The van der Waals surface area contributed by atoms with Gasteiger partial charge in [0, 0.05) is 17.6 Å². The van der Waals surface area contributed by atoms with Gasteiger partial charge in [0.05, 0.1) is 19.3 Å². The van der Waals surface area contributed by atoms with E-state index in [1.165, 1.54) is 12.8 Å². The lowest BCUT2D eigenvalue weighted by atomic mass is 9.97. The molecule has 4 heteroatoms. The van der Waals surface area contributed by atoms with Crippen LogP contribution >= 0.6 is 0 Å². The Balaban J connectivity index is 1.74. The van der Waals surface area contributed by atoms with Crippen molar-refractivity contribution in [3.63, 3.8) is 0 Å². The molecule has 1 aromatic carbocycles. The Morgan fingerprint density at radius 1 is 1.29 bits per heavy atom. The van der Waals surface area contributed by atoms with Gasteiger partial charge in [0.25, 0.3) is 0 Å². The van der Waals surface area contributed by atoms with E-state index in [9.17, 15) is 5.11 Å². The molecule has 0 aliphatic carbocycles. The van der Waals surface area contributed by atoms with Crippen LogP contribution in [0.5, 0.6) is 0 Å². The monoisotopic (exact) mass is 286 g/mol. The molecule has 3 rings (SSSR count). The molecule has 0 spiro atoms. The lowest BCUT2D eigenvalue weighted by Gasteiger charge is -2.39. The zero-order valence-corrected chi connectivity index (χ0v) is 12.4. The number of aliphatic hydroxyl groups is 1. The van der Waals surface area contributed by atoms with Gasteiger partial charge in [-0.1, -0.05) is 36.8 Å². The Hall–Kier alpha value is -1.65. The van der Waals surface area contributed by atoms with Gasteiger partial charge in [0.1, 0.15) is 0 Å². The van der Waals surface area contributed by atoms with E-state index in [0.717, 1.165) is 23.6 Å². The van der Waals surface area contributed by atoms with Crippen LogP contribution in [-0.4, -0.2) is 33.7 Å². The number of hydrogen-bond acceptors (Lipinski definition) is 4. The van der Waals surface area contributed by atoms with Crippen molar-refractivity contribution in [1.82, 2.24) is 9.88 Å². The molecule has 4 nitrogen and oxygen atoms in total. The zero-order chi connectivity index (χ0) is 14.7. The Morgan fingerprint density at radius 2 is 2.10 bits per heavy atom. The smallest absolute Gasteiger partial charge is 0.209 e. The second kappa shape index (κ2) is 6.41. The molecule has 2 heterocycles. The third kappa shape index (κ3) is 3.17. The van der Waals surface area contributed by atoms with Crippen molar-refractivity contribution in [1.29, 1.82) is 0 Å². The maximum absolute atomic E-state index is 9.55. The van der Waals surface area contributed by atoms with Gasteiger partial charge in [0.15, 0.2) is 5.76 Å². The van der Waals surface area contributed by atoms with Crippen LogP contribution in [0, 0.1) is 0 Å². The lowest BCUT2D eigenvalue weighted by molar-refractivity contribution is 0.0387. The molecule has 0 amide bonds. The van der Waals surface area contributed by atoms with Crippen LogP contribution in [0.25, 0.3) is 11.3 Å². The summed E-state index contributed by atoms with van der Waals surface area (Å²) in [7, 11) is 0. The van der Waals surface area contributed by atoms with E-state index in [1.54, 1.807) is 6.20 Å². The molecule has 1 N–H and O–H groups in total. The molecular formula is C17H22N2O2. The molecule has 21 heavy (non-hydrogen) atoms. The van der Waals surface area contributed by atoms with Gasteiger partial charge in [-0.05, 0) is 19.8 Å². The van der Waals surface area contributed by atoms with Crippen LogP contribution in [0.1, 0.15) is 32.1 Å². The number of rotatable bonds is 4. The van der Waals surface area contributed by atoms with Gasteiger partial charge in [0.2, 0.25) is 5.89 Å². The highest BCUT2D eigenvalue weighted by Crippen LogP contribution is 2.26. The number of piperidine rings is 1. The number of likely N-dealkylation sites (tertiary alicyclic amines) is 1. The van der Waals surface area contributed by atoms with Gasteiger partial charge in [-0.3, -0.25) is 4.90 Å². The summed E-state index contributed by atoms with van der Waals surface area (Å²) in [5.41, 5.74) is 1.04. The predicted octanol–water partition coefficient (Wildman–Crippen LogP) is 3.08. The summed E-state index contributed by atoms with van der Waals surface area (Å²) in [6.07, 6.45) is 5.19. The SMILES string of the molecule is CC1CCCC(CO)N1Cc1ncc(-c2ccccc2)o1. The maximum Gasteiger partial charge on any atom is 0.209 e. The average Bonchev–Trinajstić information content (AvgIpc) is 2.99. The van der Waals surface area contributed by atoms with E-state index >= 15 is 0 Å². The van der Waals surface area contributed by atoms with Crippen LogP contribution in [0.4, 0.5) is 0 Å². The summed E-state index contributed by atoms with van der Waals surface area (Å²) in [4.78, 5) is 6.71. The molecule has 112 valence electrons. The topological polar surface area (TPSA) is 49.5 Å². The van der Waals surface area contributed by atoms with E-state index in [2.05, 4.69) is 16.8 Å². The number of hydrogen-bond donors (Lipinski definition) is 1. The molecule has 1 aliphatic rings. The minimum atomic E-state index is 0.205. The molecular weight excluding hydrogens is 264 g/mol. The fourth-order valence-electron chi connectivity index (χ4n) is 3.10. The van der Waals surface area contributed by atoms with E-state index in [0.29, 0.717) is 12.6 Å². The zero-order valence-electron chi connectivity index (χ0n) is 12.4. The highest BCUT2D eigenvalue weighted by molar-refractivity contribution is 5.55.